The lowest BCUT2D eigenvalue weighted by Gasteiger charge is -2.32. The first-order valence-corrected chi connectivity index (χ1v) is 8.54. The fourth-order valence-corrected chi connectivity index (χ4v) is 3.22. The highest BCUT2D eigenvalue weighted by Crippen LogP contribution is 2.20. The van der Waals surface area contributed by atoms with E-state index in [4.69, 9.17) is 0 Å². The van der Waals surface area contributed by atoms with E-state index in [1.54, 1.807) is 6.20 Å². The van der Waals surface area contributed by atoms with Crippen molar-refractivity contribution >= 4 is 34.2 Å². The van der Waals surface area contributed by atoms with Gasteiger partial charge < -0.3 is 10.2 Å². The number of nitrogens with zero attached hydrogens (tertiary/aromatic N) is 2. The second kappa shape index (κ2) is 7.63. The second-order valence-corrected chi connectivity index (χ2v) is 6.90. The van der Waals surface area contributed by atoms with Crippen molar-refractivity contribution in [1.82, 2.24) is 4.90 Å². The normalized spacial score (nSPS) is 18.7. The minimum atomic E-state index is -0.343. The fourth-order valence-electron chi connectivity index (χ4n) is 2.57. The van der Waals surface area contributed by atoms with Crippen molar-refractivity contribution in [2.75, 3.05) is 11.9 Å². The Hall–Kier alpha value is -1.55. The average Bonchev–Trinajstić information content (AvgIpc) is 2.49. The average molecular weight is 409 g/mol. The number of aryl methyl sites for hydroxylation is 1. The molecule has 1 atom stereocenters. The summed E-state index contributed by atoms with van der Waals surface area (Å²) in [4.78, 5) is 14.4. The van der Waals surface area contributed by atoms with E-state index in [0.717, 1.165) is 34.2 Å². The number of halogens is 1. The van der Waals surface area contributed by atoms with Gasteiger partial charge in [0.15, 0.2) is 0 Å². The van der Waals surface area contributed by atoms with Gasteiger partial charge in [-0.25, -0.2) is 0 Å². The third-order valence-electron chi connectivity index (χ3n) is 3.95. The molecule has 1 unspecified atom stereocenters. The Bertz CT molecular complexity index is 633. The van der Waals surface area contributed by atoms with Crippen LogP contribution in [0.25, 0.3) is 0 Å². The molecule has 0 aliphatic carbocycles. The summed E-state index contributed by atoms with van der Waals surface area (Å²) in [6.07, 6.45) is 5.13. The number of anilines is 1. The van der Waals surface area contributed by atoms with Crippen molar-refractivity contribution in [3.63, 3.8) is 0 Å². The smallest absolute Gasteiger partial charge is 0.267 e. The van der Waals surface area contributed by atoms with Crippen molar-refractivity contribution in [3.05, 3.63) is 39.1 Å². The number of carbonyl (C=O) groups is 1. The first-order valence-electron chi connectivity index (χ1n) is 7.46. The molecule has 0 spiro atoms. The summed E-state index contributed by atoms with van der Waals surface area (Å²) in [6, 6.07) is 8.21. The number of hydrogen-bond acceptors (Lipinski definition) is 3. The molecule has 5 heteroatoms. The minimum absolute atomic E-state index is 0.159. The van der Waals surface area contributed by atoms with Gasteiger partial charge in [0.2, 0.25) is 0 Å². The van der Waals surface area contributed by atoms with E-state index in [1.165, 1.54) is 6.42 Å². The van der Waals surface area contributed by atoms with E-state index >= 15 is 0 Å². The van der Waals surface area contributed by atoms with Crippen molar-refractivity contribution in [1.29, 1.82) is 5.26 Å². The summed E-state index contributed by atoms with van der Waals surface area (Å²) in [5, 5.41) is 12.1. The van der Waals surface area contributed by atoms with Crippen LogP contribution in [-0.4, -0.2) is 23.4 Å². The highest BCUT2D eigenvalue weighted by Gasteiger charge is 2.18. The maximum absolute atomic E-state index is 12.3. The highest BCUT2D eigenvalue weighted by molar-refractivity contribution is 14.1. The van der Waals surface area contributed by atoms with Crippen LogP contribution in [0.15, 0.2) is 30.0 Å². The molecule has 2 rings (SSSR count). The van der Waals surface area contributed by atoms with Crippen molar-refractivity contribution < 1.29 is 4.79 Å². The van der Waals surface area contributed by atoms with Crippen LogP contribution >= 0.6 is 22.6 Å². The van der Waals surface area contributed by atoms with E-state index in [0.29, 0.717) is 6.04 Å². The molecule has 0 saturated carbocycles. The topological polar surface area (TPSA) is 56.1 Å². The number of hydrogen-bond donors (Lipinski definition) is 1. The third kappa shape index (κ3) is 4.23. The maximum Gasteiger partial charge on any atom is 0.267 e. The third-order valence-corrected chi connectivity index (χ3v) is 4.62. The summed E-state index contributed by atoms with van der Waals surface area (Å²) in [5.41, 5.74) is 1.90. The standard InChI is InChI=1S/C17H20IN3O/c1-12-9-15(18)6-7-16(12)20-17(22)14(10-19)11-21-8-4-3-5-13(21)2/h6-7,9,11,13H,3-5,8H2,1-2H3,(H,20,22)/b14-11-. The maximum atomic E-state index is 12.3. The predicted molar refractivity (Wildman–Crippen MR) is 96.2 cm³/mol. The van der Waals surface area contributed by atoms with Crippen LogP contribution in [0.2, 0.25) is 0 Å². The quantitative estimate of drug-likeness (QED) is 0.469. The largest absolute Gasteiger partial charge is 0.373 e. The van der Waals surface area contributed by atoms with Gasteiger partial charge in [-0.3, -0.25) is 4.79 Å². The Kier molecular flexibility index (Phi) is 5.83. The molecule has 1 aliphatic rings. The summed E-state index contributed by atoms with van der Waals surface area (Å²) in [7, 11) is 0. The molecule has 1 saturated heterocycles. The van der Waals surface area contributed by atoms with Crippen LogP contribution in [-0.2, 0) is 4.79 Å². The molecule has 4 nitrogen and oxygen atoms in total. The monoisotopic (exact) mass is 409 g/mol. The second-order valence-electron chi connectivity index (χ2n) is 5.65. The van der Waals surface area contributed by atoms with E-state index in [2.05, 4.69) is 39.7 Å². The molecule has 0 radical (unpaired) electrons. The highest BCUT2D eigenvalue weighted by atomic mass is 127. The zero-order chi connectivity index (χ0) is 16.1. The summed E-state index contributed by atoms with van der Waals surface area (Å²) < 4.78 is 1.12. The number of benzene rings is 1. The Morgan fingerprint density at radius 3 is 2.91 bits per heavy atom. The van der Waals surface area contributed by atoms with Crippen molar-refractivity contribution in [3.8, 4) is 6.07 Å². The van der Waals surface area contributed by atoms with E-state index in [-0.39, 0.29) is 11.5 Å². The van der Waals surface area contributed by atoms with Crippen LogP contribution < -0.4 is 5.32 Å². The number of rotatable bonds is 3. The van der Waals surface area contributed by atoms with Crippen LogP contribution in [0.4, 0.5) is 5.69 Å². The van der Waals surface area contributed by atoms with Gasteiger partial charge in [-0.1, -0.05) is 0 Å². The van der Waals surface area contributed by atoms with Gasteiger partial charge in [0, 0.05) is 28.0 Å². The first kappa shape index (κ1) is 16.8. The molecule has 1 aliphatic heterocycles. The molecule has 0 bridgehead atoms. The first-order chi connectivity index (χ1) is 10.5. The van der Waals surface area contributed by atoms with Crippen molar-refractivity contribution in [2.45, 2.75) is 39.2 Å². The Labute approximate surface area is 145 Å². The number of nitrogens with one attached hydrogen (secondary N) is 1. The van der Waals surface area contributed by atoms with Gasteiger partial charge in [-0.15, -0.1) is 0 Å². The SMILES string of the molecule is Cc1cc(I)ccc1NC(=O)/C(C#N)=C\N1CCCCC1C. The molecule has 1 aromatic rings. The lowest BCUT2D eigenvalue weighted by molar-refractivity contribution is -0.112. The number of amides is 1. The van der Waals surface area contributed by atoms with Crippen LogP contribution in [0.5, 0.6) is 0 Å². The zero-order valence-electron chi connectivity index (χ0n) is 12.9. The van der Waals surface area contributed by atoms with Gasteiger partial charge in [0.25, 0.3) is 5.91 Å². The Balaban J connectivity index is 2.13. The van der Waals surface area contributed by atoms with E-state index in [9.17, 15) is 10.1 Å². The lowest BCUT2D eigenvalue weighted by Crippen LogP contribution is -2.34. The minimum Gasteiger partial charge on any atom is -0.373 e. The van der Waals surface area contributed by atoms with Gasteiger partial charge in [0.1, 0.15) is 11.6 Å². The van der Waals surface area contributed by atoms with Crippen molar-refractivity contribution in [2.24, 2.45) is 0 Å². The number of carbonyl (C=O) groups excluding carboxylic acids is 1. The molecule has 1 aromatic carbocycles. The molecule has 1 amide bonds. The van der Waals surface area contributed by atoms with Crippen LogP contribution in [0.3, 0.4) is 0 Å². The fraction of sp³-hybridized carbons (Fsp3) is 0.412. The molecule has 1 heterocycles. The summed E-state index contributed by atoms with van der Waals surface area (Å²) in [6.45, 7) is 4.98. The molecule has 1 fully saturated rings. The van der Waals surface area contributed by atoms with Gasteiger partial charge in [-0.2, -0.15) is 5.26 Å². The summed E-state index contributed by atoms with van der Waals surface area (Å²) in [5.74, 6) is -0.343. The van der Waals surface area contributed by atoms with Crippen LogP contribution in [0, 0.1) is 21.8 Å². The lowest BCUT2D eigenvalue weighted by atomic mass is 10.0. The predicted octanol–water partition coefficient (Wildman–Crippen LogP) is 3.82. The molecule has 116 valence electrons. The number of nitriles is 1. The Morgan fingerprint density at radius 1 is 1.50 bits per heavy atom. The molecular weight excluding hydrogens is 389 g/mol. The Morgan fingerprint density at radius 2 is 2.27 bits per heavy atom. The van der Waals surface area contributed by atoms with E-state index < -0.39 is 0 Å². The molecular formula is C17H20IN3O. The van der Waals surface area contributed by atoms with Crippen LogP contribution in [0.1, 0.15) is 31.7 Å². The van der Waals surface area contributed by atoms with Gasteiger partial charge >= 0.3 is 0 Å². The number of piperidine rings is 1. The molecule has 22 heavy (non-hydrogen) atoms. The van der Waals surface area contributed by atoms with E-state index in [1.807, 2.05) is 31.2 Å². The van der Waals surface area contributed by atoms with Gasteiger partial charge in [-0.05, 0) is 79.5 Å². The molecule has 0 aromatic heterocycles. The molecule has 1 N–H and O–H groups in total. The summed E-state index contributed by atoms with van der Waals surface area (Å²) >= 11 is 2.23. The zero-order valence-corrected chi connectivity index (χ0v) is 15.1. The van der Waals surface area contributed by atoms with Gasteiger partial charge in [0.05, 0.1) is 0 Å². The number of likely N-dealkylation sites (tertiary alicyclic amines) is 1.